The van der Waals surface area contributed by atoms with Crippen molar-refractivity contribution >= 4 is 25.5 Å². The van der Waals surface area contributed by atoms with Crippen molar-refractivity contribution in [3.63, 3.8) is 0 Å². The normalized spacial score (nSPS) is 13.1. The highest BCUT2D eigenvalue weighted by Gasteiger charge is 2.43. The molecule has 0 saturated heterocycles. The Kier molecular flexibility index (Phi) is 8.34. The number of rotatable bonds is 8. The zero-order valence-corrected chi connectivity index (χ0v) is 19.9. The van der Waals surface area contributed by atoms with Gasteiger partial charge in [-0.3, -0.25) is 0 Å². The molecule has 0 radical (unpaired) electrons. The van der Waals surface area contributed by atoms with Crippen LogP contribution in [0.15, 0.2) is 120 Å². The van der Waals surface area contributed by atoms with Crippen molar-refractivity contribution < 1.29 is 5.11 Å². The maximum Gasteiger partial charge on any atom is 0.126 e. The largest absolute Gasteiger partial charge is 0.382 e. The number of nitrogens with zero attached hydrogens (tertiary/aromatic N) is 1. The second-order valence-electron chi connectivity index (χ2n) is 8.23. The highest BCUT2D eigenvalue weighted by molar-refractivity contribution is 7.88. The summed E-state index contributed by atoms with van der Waals surface area (Å²) in [6.07, 6.45) is 7.74. The average molecular weight is 451 g/mol. The Labute approximate surface area is 197 Å². The molecule has 3 heteroatoms. The molecule has 0 aliphatic carbocycles. The van der Waals surface area contributed by atoms with Crippen LogP contribution in [0.3, 0.4) is 0 Å². The molecule has 3 aromatic rings. The summed E-state index contributed by atoms with van der Waals surface area (Å²) in [6.45, 7) is 3.49. The predicted octanol–water partition coefficient (Wildman–Crippen LogP) is 8.20. The fourth-order valence-electron chi connectivity index (χ4n) is 3.53. The lowest BCUT2D eigenvalue weighted by Gasteiger charge is -2.27. The van der Waals surface area contributed by atoms with Gasteiger partial charge in [0.05, 0.1) is 29.6 Å². The van der Waals surface area contributed by atoms with Crippen molar-refractivity contribution in [2.75, 3.05) is 0 Å². The fraction of sp³-hybridized carbons (Fsp3) is 0.100. The predicted molar refractivity (Wildman–Crippen MR) is 143 cm³/mol. The smallest absolute Gasteiger partial charge is 0.126 e. The first-order valence-electron chi connectivity index (χ1n) is 10.9. The van der Waals surface area contributed by atoms with Gasteiger partial charge in [-0.1, -0.05) is 91.0 Å². The van der Waals surface area contributed by atoms with Gasteiger partial charge in [0.1, 0.15) is 18.2 Å². The van der Waals surface area contributed by atoms with Crippen molar-refractivity contribution in [2.45, 2.75) is 19.4 Å². The Balaban J connectivity index is 2.23. The maximum absolute atomic E-state index is 11.1. The van der Waals surface area contributed by atoms with E-state index < -0.39 is 12.9 Å². The molecule has 2 nitrogen and oxygen atoms in total. The van der Waals surface area contributed by atoms with Crippen molar-refractivity contribution in [1.29, 1.82) is 5.26 Å². The summed E-state index contributed by atoms with van der Waals surface area (Å²) in [5.41, 5.74) is 2.02. The fourth-order valence-corrected chi connectivity index (χ4v) is 6.80. The van der Waals surface area contributed by atoms with Crippen LogP contribution < -0.4 is 0 Å². The van der Waals surface area contributed by atoms with Crippen molar-refractivity contribution in [2.24, 2.45) is 0 Å². The molecule has 3 aromatic carbocycles. The van der Waals surface area contributed by atoms with Crippen molar-refractivity contribution in [3.8, 4) is 6.07 Å². The Morgan fingerprint density at radius 3 is 1.30 bits per heavy atom. The van der Waals surface area contributed by atoms with Gasteiger partial charge >= 0.3 is 0 Å². The van der Waals surface area contributed by atoms with E-state index in [1.165, 1.54) is 6.08 Å². The minimum absolute atomic E-state index is 0.698. The minimum Gasteiger partial charge on any atom is -0.382 e. The highest BCUT2D eigenvalue weighted by atomic mass is 31.2. The molecule has 33 heavy (non-hydrogen) atoms. The summed E-state index contributed by atoms with van der Waals surface area (Å²) in [5.74, 6) is 6.47. The molecule has 0 aliphatic rings. The molecular formula is C30H29NOP+. The van der Waals surface area contributed by atoms with E-state index in [2.05, 4.69) is 41.7 Å². The molecule has 0 spiro atoms. The lowest BCUT2D eigenvalue weighted by molar-refractivity contribution is 0.128. The molecule has 0 heterocycles. The SMILES string of the molecule is CC(C)(O)/C(=C/C#N)[P+](/C=C\c1ccccc1)(/C=C\c1ccccc1)/C=C\c1ccccc1. The molecular weight excluding hydrogens is 421 g/mol. The Morgan fingerprint density at radius 2 is 1.03 bits per heavy atom. The molecule has 0 atom stereocenters. The number of hydrogen-bond donors (Lipinski definition) is 1. The second kappa shape index (κ2) is 11.4. The minimum atomic E-state index is -2.39. The van der Waals surface area contributed by atoms with Gasteiger partial charge in [-0.25, -0.2) is 0 Å². The summed E-state index contributed by atoms with van der Waals surface area (Å²) >= 11 is 0. The van der Waals surface area contributed by atoms with Gasteiger partial charge in [-0.2, -0.15) is 5.26 Å². The van der Waals surface area contributed by atoms with E-state index in [0.717, 1.165) is 16.7 Å². The molecule has 0 fully saturated rings. The van der Waals surface area contributed by atoms with Crippen LogP contribution in [0, 0.1) is 11.3 Å². The monoisotopic (exact) mass is 450 g/mol. The van der Waals surface area contributed by atoms with Gasteiger partial charge in [0.25, 0.3) is 0 Å². The summed E-state index contributed by atoms with van der Waals surface area (Å²) in [6, 6.07) is 32.4. The van der Waals surface area contributed by atoms with E-state index in [4.69, 9.17) is 0 Å². The molecule has 0 saturated carbocycles. The molecule has 0 amide bonds. The van der Waals surface area contributed by atoms with E-state index in [1.807, 2.05) is 91.0 Å². The summed E-state index contributed by atoms with van der Waals surface area (Å²) in [7, 11) is -2.39. The van der Waals surface area contributed by atoms with Gasteiger partial charge in [0, 0.05) is 0 Å². The number of aliphatic hydroxyl groups is 1. The zero-order valence-electron chi connectivity index (χ0n) is 19.0. The van der Waals surface area contributed by atoms with Crippen LogP contribution in [0.25, 0.3) is 18.2 Å². The molecule has 3 rings (SSSR count). The van der Waals surface area contributed by atoms with Crippen LogP contribution in [0.2, 0.25) is 0 Å². The third-order valence-electron chi connectivity index (χ3n) is 5.19. The lowest BCUT2D eigenvalue weighted by atomic mass is 10.1. The van der Waals surface area contributed by atoms with Crippen molar-refractivity contribution in [3.05, 3.63) is 137 Å². The zero-order chi connectivity index (χ0) is 23.6. The first-order chi connectivity index (χ1) is 15.9. The van der Waals surface area contributed by atoms with E-state index in [-0.39, 0.29) is 0 Å². The quantitative estimate of drug-likeness (QED) is 0.278. The van der Waals surface area contributed by atoms with Crippen molar-refractivity contribution in [1.82, 2.24) is 0 Å². The van der Waals surface area contributed by atoms with Gasteiger partial charge in [0.15, 0.2) is 0 Å². The number of allylic oxidation sites excluding steroid dienone is 1. The first-order valence-corrected chi connectivity index (χ1v) is 12.9. The van der Waals surface area contributed by atoms with Gasteiger partial charge in [-0.05, 0) is 48.8 Å². The molecule has 1 N–H and O–H groups in total. The number of hydrogen-bond acceptors (Lipinski definition) is 2. The lowest BCUT2D eigenvalue weighted by Crippen LogP contribution is -2.22. The Hall–Kier alpha value is -3.50. The summed E-state index contributed by atoms with van der Waals surface area (Å²) < 4.78 is 0. The second-order valence-corrected chi connectivity index (χ2v) is 11.3. The van der Waals surface area contributed by atoms with Crippen LogP contribution in [0.4, 0.5) is 0 Å². The van der Waals surface area contributed by atoms with E-state index >= 15 is 0 Å². The molecule has 0 aliphatic heterocycles. The highest BCUT2D eigenvalue weighted by Crippen LogP contribution is 2.73. The molecule has 0 bridgehead atoms. The maximum atomic E-state index is 11.1. The van der Waals surface area contributed by atoms with E-state index in [1.54, 1.807) is 13.8 Å². The standard InChI is InChI=1S/C30H29NOP/c1-30(2,32)29(18-22-31)33(23-19-26-12-6-3-7-13-26,24-20-27-14-8-4-9-15-27)25-21-28-16-10-5-11-17-28/h3-21,23-25,32H,1-2H3/q+1/b23-19-,24-20-,25-21-,29-18-. The van der Waals surface area contributed by atoms with Crippen LogP contribution in [-0.4, -0.2) is 10.7 Å². The van der Waals surface area contributed by atoms with Crippen LogP contribution in [-0.2, 0) is 0 Å². The average Bonchev–Trinajstić information content (AvgIpc) is 2.84. The van der Waals surface area contributed by atoms with Crippen LogP contribution in [0.5, 0.6) is 0 Å². The summed E-state index contributed by atoms with van der Waals surface area (Å²) in [4.78, 5) is 0. The Bertz CT molecular complexity index is 1060. The van der Waals surface area contributed by atoms with Gasteiger partial charge < -0.3 is 5.11 Å². The third kappa shape index (κ3) is 6.99. The van der Waals surface area contributed by atoms with Crippen LogP contribution in [0.1, 0.15) is 30.5 Å². The third-order valence-corrected chi connectivity index (χ3v) is 8.62. The topological polar surface area (TPSA) is 44.0 Å². The van der Waals surface area contributed by atoms with Gasteiger partial charge in [0.2, 0.25) is 0 Å². The first kappa shape index (κ1) is 24.1. The van der Waals surface area contributed by atoms with Gasteiger partial charge in [-0.15, -0.1) is 0 Å². The number of benzene rings is 3. The summed E-state index contributed by atoms with van der Waals surface area (Å²) in [5, 5.41) is 21.5. The molecule has 0 unspecified atom stereocenters. The molecule has 0 aromatic heterocycles. The Morgan fingerprint density at radius 1 is 0.697 bits per heavy atom. The van der Waals surface area contributed by atoms with E-state index in [9.17, 15) is 10.4 Å². The number of nitriles is 1. The van der Waals surface area contributed by atoms with Crippen LogP contribution >= 0.6 is 7.26 Å². The molecule has 164 valence electrons. The van der Waals surface area contributed by atoms with E-state index in [0.29, 0.717) is 5.31 Å².